The minimum Gasteiger partial charge on any atom is -0.493 e. The van der Waals surface area contributed by atoms with E-state index in [-0.39, 0.29) is 24.0 Å². The van der Waals surface area contributed by atoms with Crippen LogP contribution in [0.2, 0.25) is 0 Å². The highest BCUT2D eigenvalue weighted by molar-refractivity contribution is 14.0. The first-order chi connectivity index (χ1) is 12.7. The molecule has 1 aliphatic heterocycles. The van der Waals surface area contributed by atoms with Gasteiger partial charge in [-0.2, -0.15) is 0 Å². The Morgan fingerprint density at radius 1 is 1.15 bits per heavy atom. The van der Waals surface area contributed by atoms with Crippen LogP contribution < -0.4 is 20.1 Å². The lowest BCUT2D eigenvalue weighted by Gasteiger charge is -2.32. The van der Waals surface area contributed by atoms with Crippen LogP contribution in [0.15, 0.2) is 23.2 Å². The minimum absolute atomic E-state index is 0. The smallest absolute Gasteiger partial charge is 0.195 e. The first-order valence-corrected chi connectivity index (χ1v) is 9.11. The van der Waals surface area contributed by atoms with Crippen molar-refractivity contribution in [2.45, 2.75) is 12.8 Å². The van der Waals surface area contributed by atoms with Crippen molar-refractivity contribution >= 4 is 35.6 Å². The van der Waals surface area contributed by atoms with E-state index in [0.717, 1.165) is 44.4 Å². The van der Waals surface area contributed by atoms with E-state index < -0.39 is 0 Å². The number of rotatable bonds is 8. The van der Waals surface area contributed by atoms with Gasteiger partial charge in [0.25, 0.3) is 0 Å². The second-order valence-electron chi connectivity index (χ2n) is 6.43. The number of aliphatic imine (C=N–C) groups is 1. The summed E-state index contributed by atoms with van der Waals surface area (Å²) in [6.07, 6.45) is 2.40. The molecule has 1 fully saturated rings. The van der Waals surface area contributed by atoms with Crippen molar-refractivity contribution in [3.8, 4) is 11.5 Å². The summed E-state index contributed by atoms with van der Waals surface area (Å²) in [6, 6.07) is 5.73. The zero-order valence-electron chi connectivity index (χ0n) is 16.8. The predicted octanol–water partition coefficient (Wildman–Crippen LogP) is 2.67. The summed E-state index contributed by atoms with van der Waals surface area (Å²) in [4.78, 5) is 6.79. The van der Waals surface area contributed by atoms with E-state index in [9.17, 15) is 0 Å². The number of hydrogen-bond acceptors (Lipinski definition) is 5. The van der Waals surface area contributed by atoms with Crippen molar-refractivity contribution in [1.29, 1.82) is 0 Å². The van der Waals surface area contributed by atoms with Crippen LogP contribution in [0.1, 0.15) is 12.8 Å². The minimum atomic E-state index is 0. The second-order valence-corrected chi connectivity index (χ2v) is 6.43. The molecule has 1 aromatic rings. The third kappa shape index (κ3) is 7.71. The molecule has 1 heterocycles. The molecule has 0 spiro atoms. The van der Waals surface area contributed by atoms with Crippen LogP contribution in [0.4, 0.5) is 5.69 Å². The first kappa shape index (κ1) is 23.8. The molecule has 0 unspecified atom stereocenters. The van der Waals surface area contributed by atoms with Crippen molar-refractivity contribution in [3.05, 3.63) is 18.2 Å². The van der Waals surface area contributed by atoms with Gasteiger partial charge in [-0.15, -0.1) is 24.0 Å². The molecule has 0 saturated carbocycles. The summed E-state index contributed by atoms with van der Waals surface area (Å²) in [7, 11) is 6.80. The zero-order valence-corrected chi connectivity index (χ0v) is 19.1. The van der Waals surface area contributed by atoms with Crippen LogP contribution in [-0.4, -0.2) is 72.0 Å². The SMILES string of the molecule is CN=C(NCC1CCN(CCOC)CC1)Nc1ccc(OC)c(OC)c1.I. The standard InChI is InChI=1S/C19H32N4O3.HI/c1-20-19(22-16-5-6-17(25-3)18(13-16)26-4)21-14-15-7-9-23(10-8-15)11-12-24-2;/h5-6,13,15H,7-12,14H2,1-4H3,(H2,20,21,22);1H. The summed E-state index contributed by atoms with van der Waals surface area (Å²) >= 11 is 0. The van der Waals surface area contributed by atoms with Gasteiger partial charge in [0, 0.05) is 39.0 Å². The fourth-order valence-electron chi connectivity index (χ4n) is 3.11. The molecule has 0 amide bonds. The molecular formula is C19H33IN4O3. The molecule has 2 rings (SSSR count). The Hall–Kier alpha value is -1.26. The molecule has 1 aliphatic rings. The highest BCUT2D eigenvalue weighted by atomic mass is 127. The molecule has 154 valence electrons. The number of nitrogens with one attached hydrogen (secondary N) is 2. The maximum absolute atomic E-state index is 5.35. The average molecular weight is 492 g/mol. The van der Waals surface area contributed by atoms with Crippen molar-refractivity contribution in [2.24, 2.45) is 10.9 Å². The Bertz CT molecular complexity index is 578. The molecule has 0 aliphatic carbocycles. The van der Waals surface area contributed by atoms with Crippen molar-refractivity contribution in [2.75, 3.05) is 66.5 Å². The van der Waals surface area contributed by atoms with E-state index >= 15 is 0 Å². The molecule has 0 atom stereocenters. The highest BCUT2D eigenvalue weighted by Crippen LogP contribution is 2.29. The van der Waals surface area contributed by atoms with Gasteiger partial charge in [-0.05, 0) is 44.0 Å². The largest absolute Gasteiger partial charge is 0.493 e. The zero-order chi connectivity index (χ0) is 18.8. The molecule has 1 saturated heterocycles. The summed E-state index contributed by atoms with van der Waals surface area (Å²) in [5.41, 5.74) is 0.908. The Labute approximate surface area is 179 Å². The van der Waals surface area contributed by atoms with Crippen LogP contribution in [0.3, 0.4) is 0 Å². The first-order valence-electron chi connectivity index (χ1n) is 9.11. The van der Waals surface area contributed by atoms with Crippen molar-refractivity contribution < 1.29 is 14.2 Å². The molecule has 27 heavy (non-hydrogen) atoms. The quantitative estimate of drug-likeness (QED) is 0.331. The lowest BCUT2D eigenvalue weighted by molar-refractivity contribution is 0.121. The van der Waals surface area contributed by atoms with Gasteiger partial charge < -0.3 is 29.7 Å². The number of piperidine rings is 1. The van der Waals surface area contributed by atoms with E-state index in [1.165, 1.54) is 12.8 Å². The maximum atomic E-state index is 5.35. The number of nitrogens with zero attached hydrogens (tertiary/aromatic N) is 2. The number of benzene rings is 1. The predicted molar refractivity (Wildman–Crippen MR) is 121 cm³/mol. The van der Waals surface area contributed by atoms with Crippen molar-refractivity contribution in [1.82, 2.24) is 10.2 Å². The molecule has 7 nitrogen and oxygen atoms in total. The van der Waals surface area contributed by atoms with E-state index in [4.69, 9.17) is 14.2 Å². The monoisotopic (exact) mass is 492 g/mol. The average Bonchev–Trinajstić information content (AvgIpc) is 2.70. The van der Waals surface area contributed by atoms with E-state index in [0.29, 0.717) is 17.4 Å². The lowest BCUT2D eigenvalue weighted by atomic mass is 9.97. The van der Waals surface area contributed by atoms with Crippen molar-refractivity contribution in [3.63, 3.8) is 0 Å². The number of hydrogen-bond donors (Lipinski definition) is 2. The molecule has 0 radical (unpaired) electrons. The van der Waals surface area contributed by atoms with Gasteiger partial charge >= 0.3 is 0 Å². The van der Waals surface area contributed by atoms with Gasteiger partial charge in [0.2, 0.25) is 0 Å². The second kappa shape index (κ2) is 13.0. The maximum Gasteiger partial charge on any atom is 0.195 e. The van der Waals surface area contributed by atoms with Crippen LogP contribution in [0, 0.1) is 5.92 Å². The number of halogens is 1. The van der Waals surface area contributed by atoms with E-state index in [2.05, 4.69) is 20.5 Å². The van der Waals surface area contributed by atoms with Crippen LogP contribution in [0.25, 0.3) is 0 Å². The Morgan fingerprint density at radius 2 is 1.85 bits per heavy atom. The summed E-state index contributed by atoms with van der Waals surface area (Å²) in [6.45, 7) is 5.03. The van der Waals surface area contributed by atoms with Gasteiger partial charge in [-0.1, -0.05) is 0 Å². The van der Waals surface area contributed by atoms with Crippen LogP contribution >= 0.6 is 24.0 Å². The number of likely N-dealkylation sites (tertiary alicyclic amines) is 1. The molecule has 1 aromatic carbocycles. The van der Waals surface area contributed by atoms with Gasteiger partial charge in [-0.25, -0.2) is 0 Å². The highest BCUT2D eigenvalue weighted by Gasteiger charge is 2.19. The molecule has 0 bridgehead atoms. The summed E-state index contributed by atoms with van der Waals surface area (Å²) < 4.78 is 15.8. The normalized spacial score (nSPS) is 15.8. The number of ether oxygens (including phenoxy) is 3. The van der Waals surface area contributed by atoms with E-state index in [1.807, 2.05) is 18.2 Å². The Kier molecular flexibility index (Phi) is 11.5. The summed E-state index contributed by atoms with van der Waals surface area (Å²) in [5.74, 6) is 2.83. The third-order valence-electron chi connectivity index (χ3n) is 4.75. The topological polar surface area (TPSA) is 67.4 Å². The summed E-state index contributed by atoms with van der Waals surface area (Å²) in [5, 5.41) is 6.74. The lowest BCUT2D eigenvalue weighted by Crippen LogP contribution is -2.41. The van der Waals surface area contributed by atoms with Crippen LogP contribution in [-0.2, 0) is 4.74 Å². The molecule has 2 N–H and O–H groups in total. The van der Waals surface area contributed by atoms with Gasteiger partial charge in [-0.3, -0.25) is 4.99 Å². The molecule has 8 heteroatoms. The van der Waals surface area contributed by atoms with Crippen LogP contribution in [0.5, 0.6) is 11.5 Å². The molecule has 0 aromatic heterocycles. The third-order valence-corrected chi connectivity index (χ3v) is 4.75. The van der Waals surface area contributed by atoms with E-state index in [1.54, 1.807) is 28.4 Å². The van der Waals surface area contributed by atoms with Gasteiger partial charge in [0.05, 0.1) is 20.8 Å². The fourth-order valence-corrected chi connectivity index (χ4v) is 3.11. The Morgan fingerprint density at radius 3 is 2.44 bits per heavy atom. The number of guanidine groups is 1. The van der Waals surface area contributed by atoms with Gasteiger partial charge in [0.1, 0.15) is 0 Å². The number of methoxy groups -OCH3 is 3. The Balaban J connectivity index is 0.00000364. The van der Waals surface area contributed by atoms with Gasteiger partial charge in [0.15, 0.2) is 17.5 Å². The fraction of sp³-hybridized carbons (Fsp3) is 0.632. The molecular weight excluding hydrogens is 459 g/mol. The number of anilines is 1.